The highest BCUT2D eigenvalue weighted by Gasteiger charge is 2.50. The Labute approximate surface area is 153 Å². The standard InChI is InChI=1S/C23H20N2O/c1-14-20-16-8-2-4-10-18(16)22(19-11-5-3-9-17(19)20)21(14)23(26)25-15-7-6-12-24-13-15/h2-14,20-22H,1H3,(H,25,26)/t14-,20?,21+,22?/m0/s1. The lowest BCUT2D eigenvalue weighted by atomic mass is 9.54. The number of benzene rings is 2. The number of carbonyl (C=O) groups is 1. The van der Waals surface area contributed by atoms with Gasteiger partial charge in [0.15, 0.2) is 0 Å². The molecule has 26 heavy (non-hydrogen) atoms. The molecular formula is C23H20N2O. The molecule has 2 aromatic carbocycles. The molecule has 2 bridgehead atoms. The molecule has 3 aliphatic carbocycles. The number of rotatable bonds is 2. The van der Waals surface area contributed by atoms with Gasteiger partial charge in [0, 0.05) is 18.0 Å². The average Bonchev–Trinajstić information content (AvgIpc) is 2.68. The van der Waals surface area contributed by atoms with Crippen molar-refractivity contribution in [1.82, 2.24) is 4.98 Å². The average molecular weight is 340 g/mol. The van der Waals surface area contributed by atoms with Crippen molar-refractivity contribution in [3.05, 3.63) is 95.3 Å². The van der Waals surface area contributed by atoms with Gasteiger partial charge in [-0.1, -0.05) is 55.5 Å². The SMILES string of the molecule is C[C@H]1C2c3ccccc3C(c3ccccc32)[C@@H]1C(=O)Nc1cccnc1. The first-order valence-electron chi connectivity index (χ1n) is 9.14. The second kappa shape index (κ2) is 5.80. The number of nitrogens with zero attached hydrogens (tertiary/aromatic N) is 1. The fourth-order valence-corrected chi connectivity index (χ4v) is 5.01. The number of carbonyl (C=O) groups excluding carboxylic acids is 1. The minimum atomic E-state index is -0.0787. The summed E-state index contributed by atoms with van der Waals surface area (Å²) >= 11 is 0. The lowest BCUT2D eigenvalue weighted by molar-refractivity contribution is -0.122. The van der Waals surface area contributed by atoms with Crippen LogP contribution in [-0.4, -0.2) is 10.9 Å². The summed E-state index contributed by atoms with van der Waals surface area (Å²) in [5, 5.41) is 3.09. The molecule has 1 N–H and O–H groups in total. The molecule has 3 aromatic rings. The number of anilines is 1. The van der Waals surface area contributed by atoms with Crippen molar-refractivity contribution in [2.24, 2.45) is 11.8 Å². The molecule has 3 nitrogen and oxygen atoms in total. The second-order valence-corrected chi connectivity index (χ2v) is 7.33. The molecule has 1 amide bonds. The number of aromatic nitrogens is 1. The van der Waals surface area contributed by atoms with Crippen molar-refractivity contribution in [3.63, 3.8) is 0 Å². The molecule has 0 radical (unpaired) electrons. The van der Waals surface area contributed by atoms with Gasteiger partial charge < -0.3 is 5.32 Å². The highest BCUT2D eigenvalue weighted by molar-refractivity contribution is 5.94. The molecule has 0 fully saturated rings. The topological polar surface area (TPSA) is 42.0 Å². The van der Waals surface area contributed by atoms with E-state index in [2.05, 4.69) is 65.8 Å². The van der Waals surface area contributed by atoms with E-state index in [1.54, 1.807) is 12.4 Å². The van der Waals surface area contributed by atoms with E-state index in [0.29, 0.717) is 0 Å². The number of hydrogen-bond donors (Lipinski definition) is 1. The summed E-state index contributed by atoms with van der Waals surface area (Å²) in [7, 11) is 0. The highest BCUT2D eigenvalue weighted by atomic mass is 16.1. The predicted molar refractivity (Wildman–Crippen MR) is 102 cm³/mol. The highest BCUT2D eigenvalue weighted by Crippen LogP contribution is 2.58. The molecule has 3 heteroatoms. The maximum Gasteiger partial charge on any atom is 0.228 e. The molecular weight excluding hydrogens is 320 g/mol. The van der Waals surface area contributed by atoms with E-state index < -0.39 is 0 Å². The fraction of sp³-hybridized carbons (Fsp3) is 0.217. The summed E-state index contributed by atoms with van der Waals surface area (Å²) in [6, 6.07) is 21.0. The van der Waals surface area contributed by atoms with Crippen molar-refractivity contribution in [1.29, 1.82) is 0 Å². The van der Waals surface area contributed by atoms with Crippen LogP contribution in [0.4, 0.5) is 5.69 Å². The van der Waals surface area contributed by atoms with Gasteiger partial charge in [-0.2, -0.15) is 0 Å². The summed E-state index contributed by atoms with van der Waals surface area (Å²) in [5.41, 5.74) is 6.14. The summed E-state index contributed by atoms with van der Waals surface area (Å²) < 4.78 is 0. The Morgan fingerprint density at radius 1 is 0.846 bits per heavy atom. The van der Waals surface area contributed by atoms with Crippen LogP contribution in [-0.2, 0) is 4.79 Å². The van der Waals surface area contributed by atoms with Gasteiger partial charge in [-0.25, -0.2) is 0 Å². The summed E-state index contributed by atoms with van der Waals surface area (Å²) in [6.45, 7) is 2.22. The van der Waals surface area contributed by atoms with Crippen LogP contribution in [0.3, 0.4) is 0 Å². The second-order valence-electron chi connectivity index (χ2n) is 7.33. The quantitative estimate of drug-likeness (QED) is 0.743. The van der Waals surface area contributed by atoms with Crippen LogP contribution < -0.4 is 5.32 Å². The van der Waals surface area contributed by atoms with Crippen LogP contribution >= 0.6 is 0 Å². The largest absolute Gasteiger partial charge is 0.324 e. The first kappa shape index (κ1) is 15.3. The smallest absolute Gasteiger partial charge is 0.228 e. The molecule has 0 saturated carbocycles. The maximum absolute atomic E-state index is 13.2. The zero-order chi connectivity index (χ0) is 17.7. The van der Waals surface area contributed by atoms with Crippen molar-refractivity contribution in [2.75, 3.05) is 5.32 Å². The Balaban J connectivity index is 1.61. The van der Waals surface area contributed by atoms with Crippen LogP contribution in [0.1, 0.15) is 41.0 Å². The summed E-state index contributed by atoms with van der Waals surface area (Å²) in [5.74, 6) is 0.645. The molecule has 3 aliphatic rings. The van der Waals surface area contributed by atoms with Gasteiger partial charge in [-0.15, -0.1) is 0 Å². The van der Waals surface area contributed by atoms with Crippen molar-refractivity contribution < 1.29 is 4.79 Å². The summed E-state index contributed by atoms with van der Waals surface area (Å²) in [6.07, 6.45) is 3.42. The van der Waals surface area contributed by atoms with Crippen LogP contribution in [0.2, 0.25) is 0 Å². The van der Waals surface area contributed by atoms with Gasteiger partial charge in [0.25, 0.3) is 0 Å². The fourth-order valence-electron chi connectivity index (χ4n) is 5.01. The van der Waals surface area contributed by atoms with Crippen LogP contribution in [0.25, 0.3) is 0 Å². The number of fused-ring (bicyclic) bond motifs is 1. The number of hydrogen-bond acceptors (Lipinski definition) is 2. The molecule has 6 rings (SSSR count). The van der Waals surface area contributed by atoms with Crippen molar-refractivity contribution in [3.8, 4) is 0 Å². The van der Waals surface area contributed by atoms with Gasteiger partial charge in [0.1, 0.15) is 0 Å². The zero-order valence-corrected chi connectivity index (χ0v) is 14.6. The Morgan fingerprint density at radius 3 is 1.96 bits per heavy atom. The minimum Gasteiger partial charge on any atom is -0.324 e. The van der Waals surface area contributed by atoms with Gasteiger partial charge >= 0.3 is 0 Å². The summed E-state index contributed by atoms with van der Waals surface area (Å²) in [4.78, 5) is 17.4. The third kappa shape index (κ3) is 2.13. The molecule has 0 aliphatic heterocycles. The molecule has 0 saturated heterocycles. The van der Waals surface area contributed by atoms with Crippen molar-refractivity contribution in [2.45, 2.75) is 18.8 Å². The minimum absolute atomic E-state index is 0.0787. The lowest BCUT2D eigenvalue weighted by Gasteiger charge is -2.49. The first-order chi connectivity index (χ1) is 12.8. The van der Waals surface area contributed by atoms with Gasteiger partial charge in [0.05, 0.1) is 17.8 Å². The van der Waals surface area contributed by atoms with Crippen molar-refractivity contribution >= 4 is 11.6 Å². The Morgan fingerprint density at radius 2 is 1.42 bits per heavy atom. The molecule has 128 valence electrons. The lowest BCUT2D eigenvalue weighted by Crippen LogP contribution is -2.44. The third-order valence-electron chi connectivity index (χ3n) is 6.02. The predicted octanol–water partition coefficient (Wildman–Crippen LogP) is 4.56. The molecule has 0 unspecified atom stereocenters. The molecule has 2 atom stereocenters. The van der Waals surface area contributed by atoms with E-state index in [1.165, 1.54) is 22.3 Å². The van der Waals surface area contributed by atoms with E-state index >= 15 is 0 Å². The Hall–Kier alpha value is -2.94. The monoisotopic (exact) mass is 340 g/mol. The Kier molecular flexibility index (Phi) is 3.42. The van der Waals surface area contributed by atoms with Crippen LogP contribution in [0.15, 0.2) is 73.1 Å². The van der Waals surface area contributed by atoms with Gasteiger partial charge in [-0.3, -0.25) is 9.78 Å². The van der Waals surface area contributed by atoms with Gasteiger partial charge in [0.2, 0.25) is 5.91 Å². The molecule has 1 aromatic heterocycles. The molecule has 0 spiro atoms. The maximum atomic E-state index is 13.2. The first-order valence-corrected chi connectivity index (χ1v) is 9.14. The van der Waals surface area contributed by atoms with E-state index in [1.807, 2.05) is 12.1 Å². The Bertz CT molecular complexity index is 935. The van der Waals surface area contributed by atoms with Gasteiger partial charge in [-0.05, 0) is 40.3 Å². The normalized spacial score (nSPS) is 25.3. The molecule has 1 heterocycles. The van der Waals surface area contributed by atoms with E-state index in [4.69, 9.17) is 0 Å². The third-order valence-corrected chi connectivity index (χ3v) is 6.02. The van der Waals surface area contributed by atoms with E-state index in [0.717, 1.165) is 5.69 Å². The van der Waals surface area contributed by atoms with E-state index in [-0.39, 0.29) is 29.6 Å². The number of pyridine rings is 1. The van der Waals surface area contributed by atoms with E-state index in [9.17, 15) is 4.79 Å². The number of amides is 1. The number of nitrogens with one attached hydrogen (secondary N) is 1. The zero-order valence-electron chi connectivity index (χ0n) is 14.6. The van der Waals surface area contributed by atoms with Crippen LogP contribution in [0.5, 0.6) is 0 Å². The van der Waals surface area contributed by atoms with Crippen LogP contribution in [0, 0.1) is 11.8 Å².